The molecule has 0 aromatic heterocycles. The van der Waals surface area contributed by atoms with Crippen LogP contribution in [0.4, 0.5) is 0 Å². The Morgan fingerprint density at radius 1 is 0.885 bits per heavy atom. The number of carbonyl (C=O) groups is 3. The van der Waals surface area contributed by atoms with Crippen molar-refractivity contribution in [3.8, 4) is 0 Å². The first-order chi connectivity index (χ1) is 11.5. The molecule has 8 heteroatoms. The molecule has 0 fully saturated rings. The van der Waals surface area contributed by atoms with E-state index in [1.54, 1.807) is 0 Å². The van der Waals surface area contributed by atoms with E-state index in [-0.39, 0.29) is 112 Å². The fourth-order valence-electron chi connectivity index (χ4n) is 2.44. The number of hydrogen-bond donors (Lipinski definition) is 2. The van der Waals surface area contributed by atoms with Gasteiger partial charge in [0.25, 0.3) is 0 Å². The van der Waals surface area contributed by atoms with Gasteiger partial charge >= 0.3 is 121 Å². The molecule has 0 amide bonds. The summed E-state index contributed by atoms with van der Waals surface area (Å²) in [6.07, 6.45) is 12.6. The Balaban J connectivity index is -0.000000441. The zero-order valence-corrected chi connectivity index (χ0v) is 23.2. The Labute approximate surface area is 245 Å². The molecule has 1 unspecified atom stereocenters. The van der Waals surface area contributed by atoms with Crippen molar-refractivity contribution < 1.29 is 130 Å². The molecule has 26 heavy (non-hydrogen) atoms. The van der Waals surface area contributed by atoms with Crippen molar-refractivity contribution in [2.24, 2.45) is 5.73 Å². The Bertz CT molecular complexity index is 391. The average Bonchev–Trinajstić information content (AvgIpc) is 2.51. The first kappa shape index (κ1) is 32.5. The van der Waals surface area contributed by atoms with Crippen molar-refractivity contribution in [1.82, 2.24) is 0 Å². The molecule has 144 valence electrons. The first-order valence-corrected chi connectivity index (χ1v) is 9.19. The fourth-order valence-corrected chi connectivity index (χ4v) is 2.44. The number of carboxylic acid groups (broad SMARTS) is 1. The maximum absolute atomic E-state index is 11.5. The first-order valence-electron chi connectivity index (χ1n) is 9.19. The predicted molar refractivity (Wildman–Crippen MR) is 94.6 cm³/mol. The second-order valence-electron chi connectivity index (χ2n) is 6.28. The van der Waals surface area contributed by atoms with E-state index in [0.29, 0.717) is 6.42 Å². The van der Waals surface area contributed by atoms with Crippen molar-refractivity contribution in [3.05, 3.63) is 0 Å². The SMILES string of the molecule is CCCCCCCCCCCCCC(=O)OC(=O)C(N)CC(=O)O.[H-].[H-].[K+].[K+]. The number of unbranched alkanes of at least 4 members (excludes halogenated alkanes) is 10. The van der Waals surface area contributed by atoms with Gasteiger partial charge in [-0.15, -0.1) is 0 Å². The second kappa shape index (κ2) is 23.1. The van der Waals surface area contributed by atoms with Crippen LogP contribution < -0.4 is 109 Å². The van der Waals surface area contributed by atoms with E-state index in [4.69, 9.17) is 10.8 Å². The molecule has 0 radical (unpaired) electrons. The summed E-state index contributed by atoms with van der Waals surface area (Å²) in [5, 5.41) is 8.51. The topological polar surface area (TPSA) is 107 Å². The molecule has 0 saturated heterocycles. The molecule has 0 aromatic rings. The number of ether oxygens (including phenoxy) is 1. The molecule has 0 bridgehead atoms. The fraction of sp³-hybridized carbons (Fsp3) is 0.833. The Morgan fingerprint density at radius 3 is 1.73 bits per heavy atom. The van der Waals surface area contributed by atoms with Gasteiger partial charge in [0.15, 0.2) is 0 Å². The molecule has 0 rings (SSSR count). The third kappa shape index (κ3) is 22.1. The average molecular weight is 424 g/mol. The smallest absolute Gasteiger partial charge is 1.00 e. The Hall–Kier alpha value is 1.84. The zero-order valence-electron chi connectivity index (χ0n) is 18.9. The summed E-state index contributed by atoms with van der Waals surface area (Å²) in [5.74, 6) is -2.79. The molecule has 6 nitrogen and oxygen atoms in total. The van der Waals surface area contributed by atoms with Crippen LogP contribution in [-0.4, -0.2) is 29.1 Å². The summed E-state index contributed by atoms with van der Waals surface area (Å²) < 4.78 is 4.54. The van der Waals surface area contributed by atoms with Crippen molar-refractivity contribution in [3.63, 3.8) is 0 Å². The third-order valence-electron chi connectivity index (χ3n) is 3.90. The number of hydrogen-bond acceptors (Lipinski definition) is 5. The van der Waals surface area contributed by atoms with Gasteiger partial charge < -0.3 is 18.4 Å². The minimum absolute atomic E-state index is 0. The van der Waals surface area contributed by atoms with E-state index < -0.39 is 30.4 Å². The van der Waals surface area contributed by atoms with Gasteiger partial charge in [0, 0.05) is 6.42 Å². The molecule has 0 heterocycles. The third-order valence-corrected chi connectivity index (χ3v) is 3.90. The van der Waals surface area contributed by atoms with Crippen LogP contribution in [-0.2, 0) is 19.1 Å². The van der Waals surface area contributed by atoms with E-state index in [2.05, 4.69) is 11.7 Å². The van der Waals surface area contributed by atoms with E-state index in [1.165, 1.54) is 51.4 Å². The number of aliphatic carboxylic acids is 1. The molecular formula is C18H35K2NO5. The van der Waals surface area contributed by atoms with Gasteiger partial charge in [-0.3, -0.25) is 9.59 Å². The van der Waals surface area contributed by atoms with Crippen LogP contribution in [0.15, 0.2) is 0 Å². The minimum Gasteiger partial charge on any atom is -1.00 e. The van der Waals surface area contributed by atoms with E-state index in [1.807, 2.05) is 0 Å². The van der Waals surface area contributed by atoms with Crippen LogP contribution in [0.1, 0.15) is 93.2 Å². The molecule has 0 aromatic carbocycles. The molecule has 1 atom stereocenters. The van der Waals surface area contributed by atoms with Crippen LogP contribution in [0.3, 0.4) is 0 Å². The zero-order chi connectivity index (χ0) is 18.2. The van der Waals surface area contributed by atoms with Crippen molar-refractivity contribution in [1.29, 1.82) is 0 Å². The minimum atomic E-state index is -1.29. The Kier molecular flexibility index (Phi) is 28.9. The quantitative estimate of drug-likeness (QED) is 0.134. The van der Waals surface area contributed by atoms with Gasteiger partial charge in [0.2, 0.25) is 0 Å². The van der Waals surface area contributed by atoms with Crippen LogP contribution in [0.2, 0.25) is 0 Å². The monoisotopic (exact) mass is 423 g/mol. The van der Waals surface area contributed by atoms with Crippen molar-refractivity contribution >= 4 is 17.9 Å². The van der Waals surface area contributed by atoms with Crippen LogP contribution in [0.5, 0.6) is 0 Å². The number of rotatable bonds is 15. The van der Waals surface area contributed by atoms with Crippen molar-refractivity contribution in [2.75, 3.05) is 0 Å². The summed E-state index contributed by atoms with van der Waals surface area (Å²) in [6.45, 7) is 2.22. The molecule has 0 saturated carbocycles. The summed E-state index contributed by atoms with van der Waals surface area (Å²) in [5.41, 5.74) is 5.32. The predicted octanol–water partition coefficient (Wildman–Crippen LogP) is -2.21. The van der Waals surface area contributed by atoms with Crippen LogP contribution in [0.25, 0.3) is 0 Å². The molecule has 0 aliphatic carbocycles. The number of nitrogens with two attached hydrogens (primary N) is 1. The molecular weight excluding hydrogens is 388 g/mol. The van der Waals surface area contributed by atoms with Gasteiger partial charge in [-0.25, -0.2) is 4.79 Å². The Morgan fingerprint density at radius 2 is 1.31 bits per heavy atom. The number of carboxylic acids is 1. The summed E-state index contributed by atoms with van der Waals surface area (Å²) in [7, 11) is 0. The van der Waals surface area contributed by atoms with E-state index in [0.717, 1.165) is 12.8 Å². The second-order valence-corrected chi connectivity index (χ2v) is 6.28. The maximum atomic E-state index is 11.5. The van der Waals surface area contributed by atoms with E-state index in [9.17, 15) is 14.4 Å². The molecule has 0 aliphatic rings. The largest absolute Gasteiger partial charge is 1.00 e. The van der Waals surface area contributed by atoms with Gasteiger partial charge in [-0.05, 0) is 6.42 Å². The normalized spacial score (nSPS) is 11.0. The van der Waals surface area contributed by atoms with Crippen molar-refractivity contribution in [2.45, 2.75) is 96.4 Å². The molecule has 0 spiro atoms. The van der Waals surface area contributed by atoms with Gasteiger partial charge in [-0.1, -0.05) is 71.1 Å². The summed E-state index contributed by atoms with van der Waals surface area (Å²) in [6, 6.07) is -1.29. The molecule has 3 N–H and O–H groups in total. The van der Waals surface area contributed by atoms with Crippen LogP contribution >= 0.6 is 0 Å². The van der Waals surface area contributed by atoms with Crippen LogP contribution in [0, 0.1) is 0 Å². The van der Waals surface area contributed by atoms with Gasteiger partial charge in [0.05, 0.1) is 6.42 Å². The number of esters is 2. The number of carbonyl (C=O) groups excluding carboxylic acids is 2. The molecule has 0 aliphatic heterocycles. The van der Waals surface area contributed by atoms with E-state index >= 15 is 0 Å². The van der Waals surface area contributed by atoms with Gasteiger partial charge in [-0.2, -0.15) is 0 Å². The summed E-state index contributed by atoms with van der Waals surface area (Å²) in [4.78, 5) is 33.2. The van der Waals surface area contributed by atoms with Gasteiger partial charge in [0.1, 0.15) is 6.04 Å². The maximum Gasteiger partial charge on any atom is 1.00 e. The standard InChI is InChI=1S/C18H33NO5.2K.2H/c1-2-3-4-5-6-7-8-9-10-11-12-13-17(22)24-18(23)15(19)14-16(20)21;;;;/h15H,2-14,19H2,1H3,(H,20,21);;;;/q;2*+1;2*-1. The summed E-state index contributed by atoms with van der Waals surface area (Å²) >= 11 is 0.